The highest BCUT2D eigenvalue weighted by molar-refractivity contribution is 5.76. The van der Waals surface area contributed by atoms with E-state index in [4.69, 9.17) is 4.98 Å². The standard InChI is InChI=1S/C16H17N/c1-9-5-6-13-15(12(9)4)8-14-10(2)7-11(3)17-16(13)14/h5-7H,8H2,1-4H3. The summed E-state index contributed by atoms with van der Waals surface area (Å²) in [6.07, 6.45) is 1.05. The van der Waals surface area contributed by atoms with Gasteiger partial charge in [-0.1, -0.05) is 12.1 Å². The molecule has 1 heterocycles. The molecule has 0 saturated carbocycles. The molecule has 0 atom stereocenters. The van der Waals surface area contributed by atoms with E-state index in [1.165, 1.54) is 39.1 Å². The van der Waals surface area contributed by atoms with E-state index in [9.17, 15) is 0 Å². The van der Waals surface area contributed by atoms with Crippen molar-refractivity contribution in [3.63, 3.8) is 0 Å². The molecule has 0 bridgehead atoms. The van der Waals surface area contributed by atoms with Crippen molar-refractivity contribution in [3.8, 4) is 11.3 Å². The van der Waals surface area contributed by atoms with Crippen LogP contribution in [0.4, 0.5) is 0 Å². The lowest BCUT2D eigenvalue weighted by atomic mass is 9.99. The minimum atomic E-state index is 1.05. The third kappa shape index (κ3) is 1.42. The number of aromatic nitrogens is 1. The van der Waals surface area contributed by atoms with Crippen molar-refractivity contribution in [1.82, 2.24) is 4.98 Å². The Kier molecular flexibility index (Phi) is 2.12. The summed E-state index contributed by atoms with van der Waals surface area (Å²) in [5.74, 6) is 0. The van der Waals surface area contributed by atoms with E-state index in [1.807, 2.05) is 0 Å². The summed E-state index contributed by atoms with van der Waals surface area (Å²) in [5.41, 5.74) is 10.7. The quantitative estimate of drug-likeness (QED) is 0.563. The summed E-state index contributed by atoms with van der Waals surface area (Å²) >= 11 is 0. The fourth-order valence-electron chi connectivity index (χ4n) is 2.81. The molecule has 0 amide bonds. The van der Waals surface area contributed by atoms with Crippen LogP contribution in [0.15, 0.2) is 18.2 Å². The lowest BCUT2D eigenvalue weighted by Gasteiger charge is -2.06. The first-order chi connectivity index (χ1) is 8.08. The fourth-order valence-corrected chi connectivity index (χ4v) is 2.81. The number of benzene rings is 1. The molecule has 0 aliphatic heterocycles. The number of rotatable bonds is 0. The summed E-state index contributed by atoms with van der Waals surface area (Å²) in [6, 6.07) is 6.63. The number of nitrogens with zero attached hydrogens (tertiary/aromatic N) is 1. The molecule has 17 heavy (non-hydrogen) atoms. The third-order valence-corrected chi connectivity index (χ3v) is 3.95. The van der Waals surface area contributed by atoms with Gasteiger partial charge in [0.05, 0.1) is 5.69 Å². The Morgan fingerprint density at radius 3 is 2.47 bits per heavy atom. The molecule has 1 aliphatic carbocycles. The van der Waals surface area contributed by atoms with Crippen molar-refractivity contribution in [3.05, 3.63) is 51.7 Å². The van der Waals surface area contributed by atoms with Gasteiger partial charge in [0.1, 0.15) is 0 Å². The fraction of sp³-hybridized carbons (Fsp3) is 0.312. The second-order valence-electron chi connectivity index (χ2n) is 5.12. The van der Waals surface area contributed by atoms with Gasteiger partial charge in [-0.15, -0.1) is 0 Å². The highest BCUT2D eigenvalue weighted by atomic mass is 14.7. The molecule has 0 radical (unpaired) electrons. The van der Waals surface area contributed by atoms with Crippen LogP contribution in [0.25, 0.3) is 11.3 Å². The van der Waals surface area contributed by atoms with E-state index in [1.54, 1.807) is 0 Å². The van der Waals surface area contributed by atoms with Crippen molar-refractivity contribution < 1.29 is 0 Å². The van der Waals surface area contributed by atoms with Gasteiger partial charge in [0.15, 0.2) is 0 Å². The van der Waals surface area contributed by atoms with E-state index in [0.29, 0.717) is 0 Å². The molecule has 1 aliphatic rings. The van der Waals surface area contributed by atoms with Crippen LogP contribution in [0.3, 0.4) is 0 Å². The number of fused-ring (bicyclic) bond motifs is 3. The van der Waals surface area contributed by atoms with Gasteiger partial charge in [-0.3, -0.25) is 4.98 Å². The van der Waals surface area contributed by atoms with Gasteiger partial charge in [-0.25, -0.2) is 0 Å². The predicted octanol–water partition coefficient (Wildman–Crippen LogP) is 3.89. The van der Waals surface area contributed by atoms with Crippen LogP contribution in [0, 0.1) is 27.7 Å². The van der Waals surface area contributed by atoms with E-state index in [-0.39, 0.29) is 0 Å². The molecule has 86 valence electrons. The molecule has 2 aromatic rings. The smallest absolute Gasteiger partial charge is 0.0746 e. The molecule has 0 saturated heterocycles. The Morgan fingerprint density at radius 2 is 1.71 bits per heavy atom. The predicted molar refractivity (Wildman–Crippen MR) is 71.4 cm³/mol. The van der Waals surface area contributed by atoms with Crippen LogP contribution in [0.2, 0.25) is 0 Å². The van der Waals surface area contributed by atoms with Gasteiger partial charge in [0.2, 0.25) is 0 Å². The lowest BCUT2D eigenvalue weighted by molar-refractivity contribution is 1.12. The topological polar surface area (TPSA) is 12.9 Å². The van der Waals surface area contributed by atoms with Gasteiger partial charge < -0.3 is 0 Å². The van der Waals surface area contributed by atoms with E-state index >= 15 is 0 Å². The molecular weight excluding hydrogens is 206 g/mol. The highest BCUT2D eigenvalue weighted by Crippen LogP contribution is 2.39. The molecule has 1 aromatic carbocycles. The monoisotopic (exact) mass is 223 g/mol. The normalized spacial score (nSPS) is 12.5. The second kappa shape index (κ2) is 3.43. The molecule has 0 spiro atoms. The van der Waals surface area contributed by atoms with Crippen molar-refractivity contribution in [2.45, 2.75) is 34.1 Å². The molecule has 0 fully saturated rings. The maximum atomic E-state index is 4.73. The minimum absolute atomic E-state index is 1.05. The maximum Gasteiger partial charge on any atom is 0.0746 e. The maximum absolute atomic E-state index is 4.73. The van der Waals surface area contributed by atoms with Gasteiger partial charge in [-0.05, 0) is 61.6 Å². The van der Waals surface area contributed by atoms with Crippen LogP contribution < -0.4 is 0 Å². The molecule has 3 rings (SSSR count). The third-order valence-electron chi connectivity index (χ3n) is 3.95. The van der Waals surface area contributed by atoms with E-state index in [0.717, 1.165) is 12.1 Å². The zero-order chi connectivity index (χ0) is 12.2. The molecular formula is C16H17N. The molecule has 0 N–H and O–H groups in total. The van der Waals surface area contributed by atoms with E-state index in [2.05, 4.69) is 45.9 Å². The zero-order valence-electron chi connectivity index (χ0n) is 10.9. The first-order valence-electron chi connectivity index (χ1n) is 6.14. The van der Waals surface area contributed by atoms with Crippen LogP contribution in [-0.2, 0) is 6.42 Å². The van der Waals surface area contributed by atoms with Crippen molar-refractivity contribution in [2.24, 2.45) is 0 Å². The van der Waals surface area contributed by atoms with Crippen molar-refractivity contribution >= 4 is 0 Å². The number of hydrogen-bond donors (Lipinski definition) is 0. The number of hydrogen-bond acceptors (Lipinski definition) is 1. The molecule has 1 aromatic heterocycles. The minimum Gasteiger partial charge on any atom is -0.253 e. The number of pyridine rings is 1. The largest absolute Gasteiger partial charge is 0.253 e. The highest BCUT2D eigenvalue weighted by Gasteiger charge is 2.23. The number of aryl methyl sites for hydroxylation is 3. The average molecular weight is 223 g/mol. The van der Waals surface area contributed by atoms with Crippen LogP contribution in [-0.4, -0.2) is 4.98 Å². The Balaban J connectivity index is 2.32. The van der Waals surface area contributed by atoms with Gasteiger partial charge in [0.25, 0.3) is 0 Å². The Morgan fingerprint density at radius 1 is 0.941 bits per heavy atom. The summed E-state index contributed by atoms with van der Waals surface area (Å²) in [6.45, 7) is 8.68. The SMILES string of the molecule is Cc1cc(C)c2c(n1)-c1ccc(C)c(C)c1C2. The van der Waals surface area contributed by atoms with E-state index < -0.39 is 0 Å². The van der Waals surface area contributed by atoms with Gasteiger partial charge in [0, 0.05) is 17.7 Å². The summed E-state index contributed by atoms with van der Waals surface area (Å²) in [4.78, 5) is 4.73. The molecule has 1 heteroatoms. The first kappa shape index (κ1) is 10.5. The lowest BCUT2D eigenvalue weighted by Crippen LogP contribution is -1.92. The average Bonchev–Trinajstić information content (AvgIpc) is 2.63. The Hall–Kier alpha value is -1.63. The van der Waals surface area contributed by atoms with Crippen molar-refractivity contribution in [1.29, 1.82) is 0 Å². The molecule has 1 nitrogen and oxygen atoms in total. The van der Waals surface area contributed by atoms with Crippen LogP contribution >= 0.6 is 0 Å². The van der Waals surface area contributed by atoms with Crippen molar-refractivity contribution in [2.75, 3.05) is 0 Å². The van der Waals surface area contributed by atoms with Crippen LogP contribution in [0.1, 0.15) is 33.5 Å². The van der Waals surface area contributed by atoms with Gasteiger partial charge >= 0.3 is 0 Å². The zero-order valence-corrected chi connectivity index (χ0v) is 10.9. The summed E-state index contributed by atoms with van der Waals surface area (Å²) in [5, 5.41) is 0. The Labute approximate surface area is 103 Å². The summed E-state index contributed by atoms with van der Waals surface area (Å²) in [7, 11) is 0. The second-order valence-corrected chi connectivity index (χ2v) is 5.12. The van der Waals surface area contributed by atoms with Crippen LogP contribution in [0.5, 0.6) is 0 Å². The van der Waals surface area contributed by atoms with Gasteiger partial charge in [-0.2, -0.15) is 0 Å². The Bertz CT molecular complexity index is 624. The first-order valence-corrected chi connectivity index (χ1v) is 6.14. The summed E-state index contributed by atoms with van der Waals surface area (Å²) < 4.78 is 0. The molecule has 0 unspecified atom stereocenters.